The fourth-order valence-electron chi connectivity index (χ4n) is 3.05. The largest absolute Gasteiger partial charge is 0.508 e. The van der Waals surface area contributed by atoms with Gasteiger partial charge in [0.05, 0.1) is 0 Å². The lowest BCUT2D eigenvalue weighted by Gasteiger charge is -2.01. The molecule has 0 radical (unpaired) electrons. The number of amides is 1. The van der Waals surface area contributed by atoms with Crippen molar-refractivity contribution >= 4 is 5.91 Å². The predicted octanol–water partition coefficient (Wildman–Crippen LogP) is 6.94. The van der Waals surface area contributed by atoms with Gasteiger partial charge in [0.1, 0.15) is 5.75 Å². The van der Waals surface area contributed by atoms with Crippen LogP contribution in [0.25, 0.3) is 0 Å². The minimum Gasteiger partial charge on any atom is -0.508 e. The Hall–Kier alpha value is -2.55. The lowest BCUT2D eigenvalue weighted by atomic mass is 10.1. The van der Waals surface area contributed by atoms with Crippen molar-refractivity contribution in [3.05, 3.63) is 78.4 Å². The van der Waals surface area contributed by atoms with E-state index in [1.165, 1.54) is 37.7 Å². The Bertz CT molecular complexity index is 669. The van der Waals surface area contributed by atoms with Crippen LogP contribution in [0.4, 0.5) is 0 Å². The first-order valence-corrected chi connectivity index (χ1v) is 11.3. The molecular weight excluding hydrogens is 370 g/mol. The summed E-state index contributed by atoms with van der Waals surface area (Å²) < 4.78 is 0. The number of hydrogen-bond donors (Lipinski definition) is 2. The third kappa shape index (κ3) is 16.4. The SMILES string of the molecule is NC(=O)CCC/C=C\C/C=C\C/C=C\C/C=C\CCCCCCc1ccc(O)cc1. The second kappa shape index (κ2) is 18.5. The zero-order valence-corrected chi connectivity index (χ0v) is 18.3. The number of aromatic hydroxyl groups is 1. The zero-order valence-electron chi connectivity index (χ0n) is 18.3. The average molecular weight is 410 g/mol. The Balaban J connectivity index is 1.88. The van der Waals surface area contributed by atoms with Crippen molar-refractivity contribution in [3.8, 4) is 5.75 Å². The topological polar surface area (TPSA) is 63.3 Å². The van der Waals surface area contributed by atoms with Gasteiger partial charge in [-0.3, -0.25) is 4.79 Å². The van der Waals surface area contributed by atoms with Crippen LogP contribution in [0.1, 0.15) is 76.2 Å². The van der Waals surface area contributed by atoms with Crippen molar-refractivity contribution in [1.82, 2.24) is 0 Å². The van der Waals surface area contributed by atoms with Gasteiger partial charge in [-0.25, -0.2) is 0 Å². The monoisotopic (exact) mass is 409 g/mol. The molecule has 1 aromatic carbocycles. The summed E-state index contributed by atoms with van der Waals surface area (Å²) >= 11 is 0. The molecule has 1 aromatic rings. The number of aryl methyl sites for hydroxylation is 1. The smallest absolute Gasteiger partial charge is 0.217 e. The summed E-state index contributed by atoms with van der Waals surface area (Å²) in [5.41, 5.74) is 6.41. The Morgan fingerprint density at radius 3 is 1.77 bits per heavy atom. The molecule has 0 unspecified atom stereocenters. The molecule has 3 N–H and O–H groups in total. The van der Waals surface area contributed by atoms with Gasteiger partial charge in [0.25, 0.3) is 0 Å². The Morgan fingerprint density at radius 2 is 1.20 bits per heavy atom. The van der Waals surface area contributed by atoms with E-state index in [0.717, 1.165) is 38.5 Å². The number of allylic oxidation sites excluding steroid dienone is 8. The molecule has 0 spiro atoms. The first-order chi connectivity index (χ1) is 14.7. The second-order valence-corrected chi connectivity index (χ2v) is 7.57. The number of unbranched alkanes of at least 4 members (excludes halogenated alkanes) is 5. The molecule has 1 rings (SSSR count). The number of primary amides is 1. The van der Waals surface area contributed by atoms with E-state index in [1.54, 1.807) is 12.1 Å². The van der Waals surface area contributed by atoms with Gasteiger partial charge in [-0.15, -0.1) is 0 Å². The quantitative estimate of drug-likeness (QED) is 0.216. The van der Waals surface area contributed by atoms with Gasteiger partial charge in [0, 0.05) is 6.42 Å². The summed E-state index contributed by atoms with van der Waals surface area (Å²) in [6.45, 7) is 0. The van der Waals surface area contributed by atoms with Crippen molar-refractivity contribution in [2.24, 2.45) is 5.73 Å². The first-order valence-electron chi connectivity index (χ1n) is 11.3. The number of hydrogen-bond acceptors (Lipinski definition) is 2. The van der Waals surface area contributed by atoms with Crippen molar-refractivity contribution in [1.29, 1.82) is 0 Å². The number of rotatable bonds is 17. The summed E-state index contributed by atoms with van der Waals surface area (Å²) in [7, 11) is 0. The number of phenols is 1. The maximum atomic E-state index is 10.6. The standard InChI is InChI=1S/C27H39NO2/c28-27(30)20-18-16-14-12-10-8-6-4-2-1-3-5-7-9-11-13-15-17-19-25-21-23-26(29)24-22-25/h1-2,5-8,12,14,21-24,29H,3-4,9-11,13,15-20H2,(H2,28,30)/b2-1-,7-5-,8-6-,14-12-. The second-order valence-electron chi connectivity index (χ2n) is 7.57. The normalized spacial score (nSPS) is 12.1. The molecule has 0 aliphatic heterocycles. The van der Waals surface area contributed by atoms with Crippen LogP contribution in [-0.2, 0) is 11.2 Å². The summed E-state index contributed by atoms with van der Waals surface area (Å²) in [5.74, 6) is 0.124. The summed E-state index contributed by atoms with van der Waals surface area (Å²) in [4.78, 5) is 10.6. The molecule has 0 atom stereocenters. The third-order valence-electron chi connectivity index (χ3n) is 4.80. The van der Waals surface area contributed by atoms with Crippen LogP contribution in [-0.4, -0.2) is 11.0 Å². The number of nitrogens with two attached hydrogens (primary N) is 1. The minimum atomic E-state index is -0.219. The van der Waals surface area contributed by atoms with Gasteiger partial charge >= 0.3 is 0 Å². The van der Waals surface area contributed by atoms with Gasteiger partial charge < -0.3 is 10.8 Å². The average Bonchev–Trinajstić information content (AvgIpc) is 2.73. The van der Waals surface area contributed by atoms with E-state index in [4.69, 9.17) is 5.73 Å². The maximum Gasteiger partial charge on any atom is 0.217 e. The van der Waals surface area contributed by atoms with E-state index < -0.39 is 0 Å². The number of carbonyl (C=O) groups excluding carboxylic acids is 1. The molecule has 0 heterocycles. The van der Waals surface area contributed by atoms with Gasteiger partial charge in [-0.2, -0.15) is 0 Å². The lowest BCUT2D eigenvalue weighted by Crippen LogP contribution is -2.09. The number of benzene rings is 1. The molecule has 3 nitrogen and oxygen atoms in total. The fraction of sp³-hybridized carbons (Fsp3) is 0.444. The Kier molecular flexibility index (Phi) is 15.7. The highest BCUT2D eigenvalue weighted by Gasteiger charge is 1.94. The van der Waals surface area contributed by atoms with Crippen molar-refractivity contribution in [3.63, 3.8) is 0 Å². The van der Waals surface area contributed by atoms with Crippen LogP contribution in [0.2, 0.25) is 0 Å². The fourth-order valence-corrected chi connectivity index (χ4v) is 3.05. The molecule has 0 fully saturated rings. The molecule has 3 heteroatoms. The minimum absolute atomic E-state index is 0.219. The van der Waals surface area contributed by atoms with Gasteiger partial charge in [-0.05, 0) is 75.5 Å². The van der Waals surface area contributed by atoms with Crippen LogP contribution in [0.15, 0.2) is 72.9 Å². The lowest BCUT2D eigenvalue weighted by molar-refractivity contribution is -0.118. The Labute approximate surface area is 183 Å². The van der Waals surface area contributed by atoms with Crippen molar-refractivity contribution < 1.29 is 9.90 Å². The van der Waals surface area contributed by atoms with Gasteiger partial charge in [0.2, 0.25) is 5.91 Å². The molecule has 0 saturated heterocycles. The van der Waals surface area contributed by atoms with Gasteiger partial charge in [-0.1, -0.05) is 73.6 Å². The molecule has 1 amide bonds. The molecule has 0 aliphatic rings. The van der Waals surface area contributed by atoms with Crippen LogP contribution in [0, 0.1) is 0 Å². The summed E-state index contributed by atoms with van der Waals surface area (Å²) in [6.07, 6.45) is 30.0. The number of carbonyl (C=O) groups is 1. The van der Waals surface area contributed by atoms with Crippen LogP contribution in [0.3, 0.4) is 0 Å². The van der Waals surface area contributed by atoms with Crippen LogP contribution >= 0.6 is 0 Å². The molecule has 0 bridgehead atoms. The molecule has 0 aliphatic carbocycles. The third-order valence-corrected chi connectivity index (χ3v) is 4.80. The molecule has 30 heavy (non-hydrogen) atoms. The Morgan fingerprint density at radius 1 is 0.700 bits per heavy atom. The van der Waals surface area contributed by atoms with Crippen molar-refractivity contribution in [2.45, 2.75) is 77.0 Å². The van der Waals surface area contributed by atoms with Crippen molar-refractivity contribution in [2.75, 3.05) is 0 Å². The van der Waals surface area contributed by atoms with E-state index in [1.807, 2.05) is 12.1 Å². The first kappa shape index (κ1) is 25.5. The number of phenolic OH excluding ortho intramolecular Hbond substituents is 1. The highest BCUT2D eigenvalue weighted by Crippen LogP contribution is 2.13. The van der Waals surface area contributed by atoms with E-state index in [-0.39, 0.29) is 5.91 Å². The van der Waals surface area contributed by atoms with E-state index in [2.05, 4.69) is 48.6 Å². The summed E-state index contributed by atoms with van der Waals surface area (Å²) in [5, 5.41) is 9.28. The van der Waals surface area contributed by atoms with Gasteiger partial charge in [0.15, 0.2) is 0 Å². The molecular formula is C27H39NO2. The molecule has 164 valence electrons. The van der Waals surface area contributed by atoms with E-state index >= 15 is 0 Å². The maximum absolute atomic E-state index is 10.6. The molecule has 0 aromatic heterocycles. The van der Waals surface area contributed by atoms with E-state index in [9.17, 15) is 9.90 Å². The summed E-state index contributed by atoms with van der Waals surface area (Å²) in [6, 6.07) is 7.55. The van der Waals surface area contributed by atoms with E-state index in [0.29, 0.717) is 12.2 Å². The highest BCUT2D eigenvalue weighted by atomic mass is 16.3. The van der Waals surface area contributed by atoms with Crippen LogP contribution in [0.5, 0.6) is 5.75 Å². The molecule has 0 saturated carbocycles. The highest BCUT2D eigenvalue weighted by molar-refractivity contribution is 5.73. The van der Waals surface area contributed by atoms with Crippen LogP contribution < -0.4 is 5.73 Å². The zero-order chi connectivity index (χ0) is 21.7. The predicted molar refractivity (Wildman–Crippen MR) is 128 cm³/mol.